The number of rotatable bonds is 8. The van der Waals surface area contributed by atoms with Gasteiger partial charge in [0.25, 0.3) is 0 Å². The zero-order valence-corrected chi connectivity index (χ0v) is 22.2. The predicted molar refractivity (Wildman–Crippen MR) is 143 cm³/mol. The third kappa shape index (κ3) is 10.2. The topological polar surface area (TPSA) is 95.7 Å². The van der Waals surface area contributed by atoms with Crippen LogP contribution in [0.15, 0.2) is 55.4 Å². The Bertz CT molecular complexity index is 857. The molecule has 6 nitrogen and oxygen atoms in total. The van der Waals surface area contributed by atoms with E-state index in [4.69, 9.17) is 0 Å². The Morgan fingerprint density at radius 3 is 2.29 bits per heavy atom. The van der Waals surface area contributed by atoms with E-state index in [2.05, 4.69) is 24.2 Å². The lowest BCUT2D eigenvalue weighted by Crippen LogP contribution is -2.48. The number of hydrogen-bond acceptors (Lipinski definition) is 4. The van der Waals surface area contributed by atoms with Crippen molar-refractivity contribution in [1.82, 2.24) is 10.2 Å². The summed E-state index contributed by atoms with van der Waals surface area (Å²) in [6.07, 6.45) is 4.78. The summed E-state index contributed by atoms with van der Waals surface area (Å²) in [5, 5.41) is 12.7. The number of benzene rings is 1. The van der Waals surface area contributed by atoms with Gasteiger partial charge < -0.3 is 21.1 Å². The molecule has 1 fully saturated rings. The maximum Gasteiger partial charge on any atom is 0.243 e. The number of aliphatic hydroxyl groups excluding tert-OH is 1. The Morgan fingerprint density at radius 1 is 1.26 bits per heavy atom. The molecular weight excluding hydrogens is 445 g/mol. The number of carbonyl (C=O) groups is 2. The van der Waals surface area contributed by atoms with Crippen molar-refractivity contribution in [3.63, 3.8) is 0 Å². The Hall–Kier alpha value is -2.77. The van der Waals surface area contributed by atoms with Gasteiger partial charge in [0.15, 0.2) is 0 Å². The second-order valence-electron chi connectivity index (χ2n) is 9.07. The van der Waals surface area contributed by atoms with Crippen molar-refractivity contribution in [3.05, 3.63) is 66.5 Å². The minimum Gasteiger partial charge on any atom is -0.394 e. The number of amides is 2. The van der Waals surface area contributed by atoms with E-state index < -0.39 is 17.9 Å². The third-order valence-electron chi connectivity index (χ3n) is 5.26. The van der Waals surface area contributed by atoms with E-state index in [1.165, 1.54) is 19.2 Å². The van der Waals surface area contributed by atoms with Crippen molar-refractivity contribution in [1.29, 1.82) is 0 Å². The van der Waals surface area contributed by atoms with Crippen LogP contribution in [0.3, 0.4) is 0 Å². The van der Waals surface area contributed by atoms with E-state index in [0.717, 1.165) is 6.42 Å². The maximum absolute atomic E-state index is 13.7. The van der Waals surface area contributed by atoms with Gasteiger partial charge in [0.05, 0.1) is 12.6 Å². The van der Waals surface area contributed by atoms with Crippen molar-refractivity contribution >= 4 is 17.4 Å². The van der Waals surface area contributed by atoms with Crippen LogP contribution in [-0.2, 0) is 9.59 Å². The molecule has 196 valence electrons. The molecule has 1 aromatic carbocycles. The minimum absolute atomic E-state index is 0.0250. The van der Waals surface area contributed by atoms with Crippen LogP contribution in [0.1, 0.15) is 71.0 Å². The van der Waals surface area contributed by atoms with Crippen LogP contribution >= 0.6 is 0 Å². The first-order valence-corrected chi connectivity index (χ1v) is 12.1. The van der Waals surface area contributed by atoms with E-state index in [0.29, 0.717) is 36.1 Å². The lowest BCUT2D eigenvalue weighted by Gasteiger charge is -2.29. The molecule has 1 aromatic rings. The molecule has 0 aliphatic carbocycles. The molecule has 1 aliphatic heterocycles. The zero-order chi connectivity index (χ0) is 27.2. The average molecular weight is 490 g/mol. The quantitative estimate of drug-likeness (QED) is 0.452. The van der Waals surface area contributed by atoms with Gasteiger partial charge in [0.2, 0.25) is 11.8 Å². The fraction of sp³-hybridized carbons (Fsp3) is 0.500. The lowest BCUT2D eigenvalue weighted by atomic mass is 9.91. The van der Waals surface area contributed by atoms with Gasteiger partial charge in [-0.1, -0.05) is 84.2 Å². The fourth-order valence-corrected chi connectivity index (χ4v) is 3.75. The van der Waals surface area contributed by atoms with Gasteiger partial charge in [-0.05, 0) is 36.4 Å². The van der Waals surface area contributed by atoms with Crippen molar-refractivity contribution in [2.24, 2.45) is 11.1 Å². The molecule has 2 atom stereocenters. The van der Waals surface area contributed by atoms with Crippen LogP contribution < -0.4 is 11.1 Å². The van der Waals surface area contributed by atoms with Gasteiger partial charge in [0.1, 0.15) is 11.9 Å². The van der Waals surface area contributed by atoms with Crippen LogP contribution in [0.25, 0.3) is 5.57 Å². The molecule has 0 radical (unpaired) electrons. The molecule has 2 unspecified atom stereocenters. The number of carbonyl (C=O) groups excluding carboxylic acids is 2. The number of allylic oxidation sites excluding steroid dienone is 4. The second-order valence-corrected chi connectivity index (χ2v) is 9.07. The first-order valence-electron chi connectivity index (χ1n) is 12.1. The van der Waals surface area contributed by atoms with E-state index in [9.17, 15) is 19.1 Å². The second kappa shape index (κ2) is 16.0. The standard InChI is InChI=1S/C25H33FN2O3.C2H6.CH5N/c1-6-8-20(17(2)26)18-10-12-19(13-11-18)21(16-29)27-24(31)22-9-7-14-28(22)23(30)15-25(3,4)5;2*1-2/h6,8,10-13,21-22,29H,1-2,7,9,14-16H2,3-5H3,(H,27,31);1-2H3;2H2,1H3/b20-8+;;. The maximum atomic E-state index is 13.7. The van der Waals surface area contributed by atoms with Gasteiger partial charge >= 0.3 is 0 Å². The highest BCUT2D eigenvalue weighted by Crippen LogP contribution is 2.27. The number of nitrogens with zero attached hydrogens (tertiary/aromatic N) is 1. The van der Waals surface area contributed by atoms with Crippen LogP contribution in [-0.4, -0.2) is 48.1 Å². The SMILES string of the molecule is C=C/C=C(\C(=C)F)c1ccc(C(CO)NC(=O)C2CCCN2C(=O)CC(C)(C)C)cc1.CC.CN. The van der Waals surface area contributed by atoms with Crippen LogP contribution in [0.4, 0.5) is 4.39 Å². The van der Waals surface area contributed by atoms with Gasteiger partial charge in [-0.2, -0.15) is 0 Å². The Labute approximate surface area is 210 Å². The summed E-state index contributed by atoms with van der Waals surface area (Å²) in [6.45, 7) is 17.2. The molecule has 4 N–H and O–H groups in total. The van der Waals surface area contributed by atoms with Crippen molar-refractivity contribution in [2.75, 3.05) is 20.2 Å². The average Bonchev–Trinajstić information content (AvgIpc) is 3.33. The van der Waals surface area contributed by atoms with Crippen molar-refractivity contribution in [3.8, 4) is 0 Å². The third-order valence-corrected chi connectivity index (χ3v) is 5.26. The smallest absolute Gasteiger partial charge is 0.243 e. The lowest BCUT2D eigenvalue weighted by molar-refractivity contribution is -0.140. The van der Waals surface area contributed by atoms with Crippen molar-refractivity contribution < 1.29 is 19.1 Å². The number of likely N-dealkylation sites (tertiary alicyclic amines) is 1. The number of halogens is 1. The summed E-state index contributed by atoms with van der Waals surface area (Å²) in [5.41, 5.74) is 5.98. The molecule has 2 rings (SSSR count). The molecule has 0 saturated carbocycles. The van der Waals surface area contributed by atoms with E-state index in [1.807, 2.05) is 34.6 Å². The molecule has 1 saturated heterocycles. The normalized spacial score (nSPS) is 16.2. The molecule has 1 heterocycles. The Kier molecular flexibility index (Phi) is 14.7. The highest BCUT2D eigenvalue weighted by Gasteiger charge is 2.36. The molecule has 2 amide bonds. The zero-order valence-electron chi connectivity index (χ0n) is 22.2. The van der Waals surface area contributed by atoms with Crippen molar-refractivity contribution in [2.45, 2.75) is 66.0 Å². The summed E-state index contributed by atoms with van der Waals surface area (Å²) in [7, 11) is 1.50. The van der Waals surface area contributed by atoms with Gasteiger partial charge in [-0.3, -0.25) is 9.59 Å². The van der Waals surface area contributed by atoms with E-state index >= 15 is 0 Å². The van der Waals surface area contributed by atoms with Gasteiger partial charge in [0, 0.05) is 18.5 Å². The number of nitrogens with two attached hydrogens (primary N) is 1. The Morgan fingerprint density at radius 2 is 1.83 bits per heavy atom. The summed E-state index contributed by atoms with van der Waals surface area (Å²) >= 11 is 0. The predicted octanol–water partition coefficient (Wildman–Crippen LogP) is 4.92. The van der Waals surface area contributed by atoms with Crippen LogP contribution in [0.2, 0.25) is 0 Å². The summed E-state index contributed by atoms with van der Waals surface area (Å²) in [6, 6.07) is 5.72. The monoisotopic (exact) mass is 489 g/mol. The van der Waals surface area contributed by atoms with E-state index in [1.54, 1.807) is 29.2 Å². The van der Waals surface area contributed by atoms with E-state index in [-0.39, 0.29) is 23.8 Å². The minimum atomic E-state index is -0.623. The number of aliphatic hydroxyl groups is 1. The summed E-state index contributed by atoms with van der Waals surface area (Å²) in [4.78, 5) is 27.2. The largest absolute Gasteiger partial charge is 0.394 e. The summed E-state index contributed by atoms with van der Waals surface area (Å²) in [5.74, 6) is -0.865. The molecule has 35 heavy (non-hydrogen) atoms. The first kappa shape index (κ1) is 32.2. The van der Waals surface area contributed by atoms with Gasteiger partial charge in [-0.25, -0.2) is 4.39 Å². The number of hydrogen-bond donors (Lipinski definition) is 3. The Balaban J connectivity index is 0.00000274. The molecular formula is C28H44FN3O3. The fourth-order valence-electron chi connectivity index (χ4n) is 3.75. The molecule has 1 aliphatic rings. The summed E-state index contributed by atoms with van der Waals surface area (Å²) < 4.78 is 13.7. The molecule has 0 spiro atoms. The first-order chi connectivity index (χ1) is 16.6. The molecule has 7 heteroatoms. The highest BCUT2D eigenvalue weighted by molar-refractivity contribution is 5.88. The highest BCUT2D eigenvalue weighted by atomic mass is 19.1. The molecule has 0 bridgehead atoms. The molecule has 0 aromatic heterocycles. The number of nitrogens with one attached hydrogen (secondary N) is 1. The van der Waals surface area contributed by atoms with Crippen LogP contribution in [0.5, 0.6) is 0 Å². The van der Waals surface area contributed by atoms with Crippen LogP contribution in [0, 0.1) is 5.41 Å². The van der Waals surface area contributed by atoms with Gasteiger partial charge in [-0.15, -0.1) is 0 Å².